The van der Waals surface area contributed by atoms with Crippen LogP contribution in [-0.2, 0) is 16.0 Å². The van der Waals surface area contributed by atoms with Crippen LogP contribution < -0.4 is 10.2 Å². The molecule has 1 heterocycles. The predicted octanol–water partition coefficient (Wildman–Crippen LogP) is 3.35. The Hall–Kier alpha value is -2.89. The molecule has 1 N–H and O–H groups in total. The van der Waals surface area contributed by atoms with E-state index < -0.39 is 0 Å². The van der Waals surface area contributed by atoms with Gasteiger partial charge >= 0.3 is 6.09 Å². The first kappa shape index (κ1) is 16.0. The van der Waals surface area contributed by atoms with Gasteiger partial charge in [-0.1, -0.05) is 12.1 Å². The fourth-order valence-corrected chi connectivity index (χ4v) is 2.49. The highest BCUT2D eigenvalue weighted by Crippen LogP contribution is 2.21. The molecule has 0 aromatic heterocycles. The number of nitrogens with zero attached hydrogens (tertiary/aromatic N) is 1. The van der Waals surface area contributed by atoms with Gasteiger partial charge in [0.2, 0.25) is 5.91 Å². The quantitative estimate of drug-likeness (QED) is 0.915. The smallest absolute Gasteiger partial charge is 0.414 e. The van der Waals surface area contributed by atoms with Crippen LogP contribution in [0.15, 0.2) is 48.5 Å². The first-order valence-corrected chi connectivity index (χ1v) is 7.70. The normalized spacial score (nSPS) is 13.7. The highest BCUT2D eigenvalue weighted by molar-refractivity contribution is 5.92. The monoisotopic (exact) mass is 328 g/mol. The summed E-state index contributed by atoms with van der Waals surface area (Å²) in [7, 11) is 0. The molecule has 0 unspecified atom stereocenters. The maximum atomic E-state index is 12.8. The van der Waals surface area contributed by atoms with Crippen LogP contribution in [0.2, 0.25) is 0 Å². The lowest BCUT2D eigenvalue weighted by atomic mass is 10.1. The number of halogens is 1. The zero-order valence-electron chi connectivity index (χ0n) is 13.0. The van der Waals surface area contributed by atoms with Gasteiger partial charge in [-0.15, -0.1) is 0 Å². The summed E-state index contributed by atoms with van der Waals surface area (Å²) in [5, 5.41) is 2.80. The Morgan fingerprint density at radius 1 is 1.12 bits per heavy atom. The van der Waals surface area contributed by atoms with Gasteiger partial charge in [0.05, 0.1) is 6.54 Å². The van der Waals surface area contributed by atoms with Crippen molar-refractivity contribution >= 4 is 23.4 Å². The lowest BCUT2D eigenvalue weighted by Crippen LogP contribution is -2.23. The van der Waals surface area contributed by atoms with E-state index in [0.29, 0.717) is 31.7 Å². The van der Waals surface area contributed by atoms with Crippen LogP contribution in [0.25, 0.3) is 0 Å². The van der Waals surface area contributed by atoms with Gasteiger partial charge in [0, 0.05) is 17.8 Å². The minimum absolute atomic E-state index is 0.118. The topological polar surface area (TPSA) is 58.6 Å². The highest BCUT2D eigenvalue weighted by atomic mass is 19.1. The molecule has 1 fully saturated rings. The van der Waals surface area contributed by atoms with Crippen LogP contribution in [0, 0.1) is 5.82 Å². The van der Waals surface area contributed by atoms with Crippen molar-refractivity contribution < 1.29 is 18.7 Å². The zero-order valence-corrected chi connectivity index (χ0v) is 13.0. The standard InChI is InChI=1S/C18H17FN2O3/c19-14-4-1-13(2-5-14)3-10-17(22)20-15-6-8-16(9-7-15)21-11-12-24-18(21)23/h1-2,4-9H,3,10-12H2,(H,20,22). The number of benzene rings is 2. The number of anilines is 2. The van der Waals surface area contributed by atoms with E-state index in [4.69, 9.17) is 4.74 Å². The van der Waals surface area contributed by atoms with Crippen molar-refractivity contribution in [2.45, 2.75) is 12.8 Å². The van der Waals surface area contributed by atoms with Crippen LogP contribution in [0.4, 0.5) is 20.6 Å². The summed E-state index contributed by atoms with van der Waals surface area (Å²) < 4.78 is 17.7. The van der Waals surface area contributed by atoms with Gasteiger partial charge in [0.15, 0.2) is 0 Å². The molecule has 2 amide bonds. The molecule has 2 aromatic rings. The second kappa shape index (κ2) is 7.12. The first-order valence-electron chi connectivity index (χ1n) is 7.70. The molecule has 124 valence electrons. The summed E-state index contributed by atoms with van der Waals surface area (Å²) >= 11 is 0. The van der Waals surface area contributed by atoms with Crippen LogP contribution in [-0.4, -0.2) is 25.2 Å². The second-order valence-corrected chi connectivity index (χ2v) is 5.49. The Morgan fingerprint density at radius 3 is 2.46 bits per heavy atom. The number of rotatable bonds is 5. The lowest BCUT2D eigenvalue weighted by Gasteiger charge is -2.13. The molecule has 0 radical (unpaired) electrons. The van der Waals surface area contributed by atoms with Crippen LogP contribution in [0.5, 0.6) is 0 Å². The van der Waals surface area contributed by atoms with Crippen molar-refractivity contribution in [3.63, 3.8) is 0 Å². The van der Waals surface area contributed by atoms with Gasteiger partial charge in [-0.25, -0.2) is 9.18 Å². The van der Waals surface area contributed by atoms with Crippen molar-refractivity contribution in [3.8, 4) is 0 Å². The molecule has 2 aromatic carbocycles. The Kier molecular flexibility index (Phi) is 4.74. The molecule has 0 aliphatic carbocycles. The molecule has 0 bridgehead atoms. The van der Waals surface area contributed by atoms with E-state index in [1.807, 2.05) is 0 Å². The van der Waals surface area contributed by atoms with Crippen LogP contribution >= 0.6 is 0 Å². The summed E-state index contributed by atoms with van der Waals surface area (Å²) in [4.78, 5) is 25.0. The average Bonchev–Trinajstić information content (AvgIpc) is 3.01. The molecule has 6 heteroatoms. The molecule has 24 heavy (non-hydrogen) atoms. The summed E-state index contributed by atoms with van der Waals surface area (Å²) in [6.07, 6.45) is 0.501. The minimum Gasteiger partial charge on any atom is -0.447 e. The average molecular weight is 328 g/mol. The SMILES string of the molecule is O=C(CCc1ccc(F)cc1)Nc1ccc(N2CCOC2=O)cc1. The number of aryl methyl sites for hydroxylation is 1. The maximum absolute atomic E-state index is 12.8. The third-order valence-electron chi connectivity index (χ3n) is 3.78. The number of hydrogen-bond acceptors (Lipinski definition) is 3. The van der Waals surface area contributed by atoms with Gasteiger partial charge < -0.3 is 10.1 Å². The highest BCUT2D eigenvalue weighted by Gasteiger charge is 2.23. The number of hydrogen-bond donors (Lipinski definition) is 1. The van der Waals surface area contributed by atoms with Gasteiger partial charge in [0.1, 0.15) is 12.4 Å². The van der Waals surface area contributed by atoms with E-state index in [1.54, 1.807) is 41.3 Å². The van der Waals surface area contributed by atoms with Crippen molar-refractivity contribution in [1.82, 2.24) is 0 Å². The fourth-order valence-electron chi connectivity index (χ4n) is 2.49. The molecular formula is C18H17FN2O3. The van der Waals surface area contributed by atoms with Crippen molar-refractivity contribution in [1.29, 1.82) is 0 Å². The van der Waals surface area contributed by atoms with Gasteiger partial charge in [-0.05, 0) is 48.4 Å². The number of nitrogens with one attached hydrogen (secondary N) is 1. The Labute approximate surface area is 139 Å². The van der Waals surface area contributed by atoms with Gasteiger partial charge in [-0.3, -0.25) is 9.69 Å². The Bertz CT molecular complexity index is 729. The minimum atomic E-state index is -0.355. The van der Waals surface area contributed by atoms with E-state index in [1.165, 1.54) is 12.1 Å². The van der Waals surface area contributed by atoms with E-state index in [2.05, 4.69) is 5.32 Å². The van der Waals surface area contributed by atoms with Gasteiger partial charge in [-0.2, -0.15) is 0 Å². The van der Waals surface area contributed by atoms with E-state index in [0.717, 1.165) is 11.3 Å². The predicted molar refractivity (Wildman–Crippen MR) is 88.5 cm³/mol. The molecule has 0 saturated carbocycles. The number of ether oxygens (including phenoxy) is 1. The molecule has 1 aliphatic heterocycles. The number of cyclic esters (lactones) is 1. The van der Waals surface area contributed by atoms with Crippen molar-refractivity contribution in [2.24, 2.45) is 0 Å². The summed E-state index contributed by atoms with van der Waals surface area (Å²) in [5.41, 5.74) is 2.31. The maximum Gasteiger partial charge on any atom is 0.414 e. The summed E-state index contributed by atoms with van der Waals surface area (Å²) in [6.45, 7) is 0.920. The van der Waals surface area contributed by atoms with Crippen LogP contribution in [0.1, 0.15) is 12.0 Å². The molecule has 0 atom stereocenters. The zero-order chi connectivity index (χ0) is 16.9. The third kappa shape index (κ3) is 3.90. The second-order valence-electron chi connectivity index (χ2n) is 5.49. The molecule has 3 rings (SSSR count). The van der Waals surface area contributed by atoms with Gasteiger partial charge in [0.25, 0.3) is 0 Å². The summed E-state index contributed by atoms with van der Waals surface area (Å²) in [5.74, 6) is -0.405. The number of carbonyl (C=O) groups is 2. The number of carbonyl (C=O) groups excluding carboxylic acids is 2. The van der Waals surface area contributed by atoms with E-state index in [-0.39, 0.29) is 17.8 Å². The molecule has 0 spiro atoms. The lowest BCUT2D eigenvalue weighted by molar-refractivity contribution is -0.116. The largest absolute Gasteiger partial charge is 0.447 e. The molecular weight excluding hydrogens is 311 g/mol. The Balaban J connectivity index is 1.52. The molecule has 1 aliphatic rings. The third-order valence-corrected chi connectivity index (χ3v) is 3.78. The first-order chi connectivity index (χ1) is 11.6. The fraction of sp³-hybridized carbons (Fsp3) is 0.222. The molecule has 5 nitrogen and oxygen atoms in total. The van der Waals surface area contributed by atoms with E-state index >= 15 is 0 Å². The van der Waals surface area contributed by atoms with Crippen LogP contribution in [0.3, 0.4) is 0 Å². The number of amides is 2. The van der Waals surface area contributed by atoms with Crippen molar-refractivity contribution in [2.75, 3.05) is 23.4 Å². The summed E-state index contributed by atoms with van der Waals surface area (Å²) in [6, 6.07) is 13.1. The van der Waals surface area contributed by atoms with E-state index in [9.17, 15) is 14.0 Å². The Morgan fingerprint density at radius 2 is 1.83 bits per heavy atom. The van der Waals surface area contributed by atoms with Crippen molar-refractivity contribution in [3.05, 3.63) is 59.9 Å². The molecule has 1 saturated heterocycles.